The summed E-state index contributed by atoms with van der Waals surface area (Å²) in [5.74, 6) is 0. The van der Waals surface area contributed by atoms with Gasteiger partial charge in [-0.1, -0.05) is 188 Å². The van der Waals surface area contributed by atoms with E-state index >= 15 is 0 Å². The lowest BCUT2D eigenvalue weighted by Gasteiger charge is -2.29. The molecular weight excluding hydrogens is 663 g/mol. The van der Waals surface area contributed by atoms with Gasteiger partial charge >= 0.3 is 0 Å². The third kappa shape index (κ3) is 5.93. The van der Waals surface area contributed by atoms with Crippen LogP contribution in [0.5, 0.6) is 0 Å². The molecule has 0 aliphatic heterocycles. The molecule has 0 aliphatic rings. The first kappa shape index (κ1) is 32.4. The van der Waals surface area contributed by atoms with Crippen LogP contribution in [0.4, 0.5) is 17.1 Å². The van der Waals surface area contributed by atoms with E-state index in [4.69, 9.17) is 0 Å². The van der Waals surface area contributed by atoms with E-state index in [0.717, 1.165) is 17.1 Å². The predicted octanol–water partition coefficient (Wildman–Crippen LogP) is 15.3. The van der Waals surface area contributed by atoms with Crippen molar-refractivity contribution < 1.29 is 0 Å². The van der Waals surface area contributed by atoms with Gasteiger partial charge in [-0.25, -0.2) is 0 Å². The minimum Gasteiger partial charge on any atom is -0.310 e. The largest absolute Gasteiger partial charge is 0.310 e. The summed E-state index contributed by atoms with van der Waals surface area (Å²) >= 11 is 0. The van der Waals surface area contributed by atoms with Gasteiger partial charge in [-0.15, -0.1) is 0 Å². The fourth-order valence-corrected chi connectivity index (χ4v) is 8.28. The minimum absolute atomic E-state index is 1.09. The van der Waals surface area contributed by atoms with Gasteiger partial charge in [0.05, 0.1) is 5.69 Å². The monoisotopic (exact) mass is 699 g/mol. The summed E-state index contributed by atoms with van der Waals surface area (Å²) in [4.78, 5) is 2.43. The number of nitrogens with zero attached hydrogens (tertiary/aromatic N) is 1. The van der Waals surface area contributed by atoms with Gasteiger partial charge in [-0.2, -0.15) is 0 Å². The molecule has 0 spiro atoms. The minimum atomic E-state index is 1.09. The number of benzene rings is 10. The molecule has 0 saturated carbocycles. The fourth-order valence-electron chi connectivity index (χ4n) is 8.28. The van der Waals surface area contributed by atoms with E-state index in [0.29, 0.717) is 0 Å². The topological polar surface area (TPSA) is 3.24 Å². The molecule has 0 aliphatic carbocycles. The maximum atomic E-state index is 2.43. The van der Waals surface area contributed by atoms with Crippen molar-refractivity contribution in [3.8, 4) is 44.5 Å². The number of hydrogen-bond acceptors (Lipinski definition) is 1. The van der Waals surface area contributed by atoms with E-state index < -0.39 is 0 Å². The summed E-state index contributed by atoms with van der Waals surface area (Å²) in [6, 6.07) is 81.5. The Labute approximate surface area is 322 Å². The van der Waals surface area contributed by atoms with E-state index in [2.05, 4.69) is 229 Å². The first-order valence-corrected chi connectivity index (χ1v) is 18.9. The van der Waals surface area contributed by atoms with Gasteiger partial charge in [0.25, 0.3) is 0 Å². The van der Waals surface area contributed by atoms with Crippen molar-refractivity contribution in [2.75, 3.05) is 4.90 Å². The highest BCUT2D eigenvalue weighted by Gasteiger charge is 2.20. The summed E-state index contributed by atoms with van der Waals surface area (Å²) in [7, 11) is 0. The summed E-state index contributed by atoms with van der Waals surface area (Å²) in [6.07, 6.45) is 0. The van der Waals surface area contributed by atoms with Crippen LogP contribution in [0.3, 0.4) is 0 Å². The fraction of sp³-hybridized carbons (Fsp3) is 0. The molecule has 0 fully saturated rings. The molecule has 0 atom stereocenters. The van der Waals surface area contributed by atoms with Crippen LogP contribution in [-0.4, -0.2) is 0 Å². The van der Waals surface area contributed by atoms with Gasteiger partial charge in [0.15, 0.2) is 0 Å². The van der Waals surface area contributed by atoms with E-state index in [9.17, 15) is 0 Å². The van der Waals surface area contributed by atoms with Gasteiger partial charge in [-0.05, 0) is 108 Å². The standard InChI is InChI=1S/C54H37N/c1-2-16-38(17-3-1)45-23-8-9-24-46(45)40-32-34-43(35-33-40)55(54-31-13-12-29-52(54)50-30-15-20-39-18-4-6-25-47(39)50)44-22-14-21-41(36-44)53-37-42-19-5-7-26-48(42)49-27-10-11-28-51(49)53/h1-37H. The summed E-state index contributed by atoms with van der Waals surface area (Å²) in [5.41, 5.74) is 12.9. The van der Waals surface area contributed by atoms with Gasteiger partial charge in [0.2, 0.25) is 0 Å². The van der Waals surface area contributed by atoms with Gasteiger partial charge in [0, 0.05) is 16.9 Å². The number of hydrogen-bond donors (Lipinski definition) is 0. The molecule has 10 aromatic carbocycles. The Morgan fingerprint density at radius 2 is 0.764 bits per heavy atom. The van der Waals surface area contributed by atoms with Crippen LogP contribution in [0.1, 0.15) is 0 Å². The molecule has 0 radical (unpaired) electrons. The Kier molecular flexibility index (Phi) is 8.24. The van der Waals surface area contributed by atoms with E-state index in [-0.39, 0.29) is 0 Å². The Balaban J connectivity index is 1.17. The van der Waals surface area contributed by atoms with E-state index in [1.54, 1.807) is 0 Å². The lowest BCUT2D eigenvalue weighted by atomic mass is 9.92. The smallest absolute Gasteiger partial charge is 0.0540 e. The molecular formula is C54H37N. The van der Waals surface area contributed by atoms with Crippen LogP contribution in [0.25, 0.3) is 76.8 Å². The average Bonchev–Trinajstić information content (AvgIpc) is 3.27. The molecule has 0 N–H and O–H groups in total. The number of rotatable bonds is 7. The Bertz CT molecular complexity index is 2970. The number of fused-ring (bicyclic) bond motifs is 4. The Morgan fingerprint density at radius 1 is 0.236 bits per heavy atom. The second-order valence-corrected chi connectivity index (χ2v) is 14.1. The van der Waals surface area contributed by atoms with Gasteiger partial charge < -0.3 is 4.90 Å². The Hall–Kier alpha value is -7.22. The number of anilines is 3. The molecule has 0 bridgehead atoms. The van der Waals surface area contributed by atoms with Gasteiger partial charge in [0.1, 0.15) is 0 Å². The lowest BCUT2D eigenvalue weighted by molar-refractivity contribution is 1.28. The molecule has 1 nitrogen and oxygen atoms in total. The summed E-state index contributed by atoms with van der Waals surface area (Å²) < 4.78 is 0. The molecule has 0 heterocycles. The first-order chi connectivity index (χ1) is 27.3. The molecule has 10 rings (SSSR count). The lowest BCUT2D eigenvalue weighted by Crippen LogP contribution is -2.11. The molecule has 0 amide bonds. The zero-order chi connectivity index (χ0) is 36.6. The third-order valence-corrected chi connectivity index (χ3v) is 10.9. The van der Waals surface area contributed by atoms with Crippen LogP contribution >= 0.6 is 0 Å². The molecule has 0 aromatic heterocycles. The highest BCUT2D eigenvalue weighted by Crippen LogP contribution is 2.45. The van der Waals surface area contributed by atoms with Crippen molar-refractivity contribution >= 4 is 49.4 Å². The summed E-state index contributed by atoms with van der Waals surface area (Å²) in [5, 5.41) is 7.51. The molecule has 0 unspecified atom stereocenters. The maximum absolute atomic E-state index is 2.43. The van der Waals surface area contributed by atoms with Crippen molar-refractivity contribution in [1.29, 1.82) is 0 Å². The normalized spacial score (nSPS) is 11.3. The molecule has 1 heteroatoms. The predicted molar refractivity (Wildman–Crippen MR) is 235 cm³/mol. The van der Waals surface area contributed by atoms with E-state index in [1.807, 2.05) is 0 Å². The Morgan fingerprint density at radius 3 is 1.55 bits per heavy atom. The maximum Gasteiger partial charge on any atom is 0.0540 e. The summed E-state index contributed by atoms with van der Waals surface area (Å²) in [6.45, 7) is 0. The van der Waals surface area contributed by atoms with Crippen molar-refractivity contribution in [3.05, 3.63) is 224 Å². The highest BCUT2D eigenvalue weighted by atomic mass is 15.1. The van der Waals surface area contributed by atoms with Crippen molar-refractivity contribution in [2.24, 2.45) is 0 Å². The first-order valence-electron chi connectivity index (χ1n) is 18.9. The SMILES string of the molecule is c1ccc(-c2ccccc2-c2ccc(N(c3cccc(-c4cc5ccccc5c5ccccc45)c3)c3ccccc3-c3cccc4ccccc34)cc2)cc1. The quantitative estimate of drug-likeness (QED) is 0.150. The van der Waals surface area contributed by atoms with Crippen LogP contribution in [0.15, 0.2) is 224 Å². The van der Waals surface area contributed by atoms with Crippen molar-refractivity contribution in [2.45, 2.75) is 0 Å². The molecule has 258 valence electrons. The second kappa shape index (κ2) is 14.0. The molecule has 10 aromatic rings. The van der Waals surface area contributed by atoms with Crippen LogP contribution in [0.2, 0.25) is 0 Å². The molecule has 0 saturated heterocycles. The van der Waals surface area contributed by atoms with Crippen LogP contribution in [0, 0.1) is 0 Å². The second-order valence-electron chi connectivity index (χ2n) is 14.1. The van der Waals surface area contributed by atoms with Crippen LogP contribution < -0.4 is 4.90 Å². The van der Waals surface area contributed by atoms with Crippen molar-refractivity contribution in [3.63, 3.8) is 0 Å². The zero-order valence-corrected chi connectivity index (χ0v) is 30.3. The van der Waals surface area contributed by atoms with Crippen molar-refractivity contribution in [1.82, 2.24) is 0 Å². The van der Waals surface area contributed by atoms with E-state index in [1.165, 1.54) is 76.8 Å². The molecule has 55 heavy (non-hydrogen) atoms. The third-order valence-electron chi connectivity index (χ3n) is 10.9. The van der Waals surface area contributed by atoms with Gasteiger partial charge in [-0.3, -0.25) is 0 Å². The zero-order valence-electron chi connectivity index (χ0n) is 30.3. The number of para-hydroxylation sites is 1. The highest BCUT2D eigenvalue weighted by molar-refractivity contribution is 6.14. The van der Waals surface area contributed by atoms with Crippen LogP contribution in [-0.2, 0) is 0 Å². The average molecular weight is 700 g/mol.